The van der Waals surface area contributed by atoms with Crippen LogP contribution in [0.25, 0.3) is 11.0 Å². The van der Waals surface area contributed by atoms with Gasteiger partial charge in [-0.1, -0.05) is 0 Å². The Balaban J connectivity index is 2.17. The van der Waals surface area contributed by atoms with Crippen molar-refractivity contribution in [1.82, 2.24) is 9.55 Å². The van der Waals surface area contributed by atoms with E-state index in [1.165, 1.54) is 0 Å². The van der Waals surface area contributed by atoms with E-state index in [2.05, 4.69) is 4.98 Å². The molecule has 0 aliphatic heterocycles. The van der Waals surface area contributed by atoms with E-state index in [0.717, 1.165) is 36.8 Å². The van der Waals surface area contributed by atoms with E-state index in [0.29, 0.717) is 0 Å². The normalized spacial score (nSPS) is 10.9. The Labute approximate surface area is 105 Å². The van der Waals surface area contributed by atoms with Crippen molar-refractivity contribution in [3.63, 3.8) is 0 Å². The third-order valence-corrected chi connectivity index (χ3v) is 2.93. The molecule has 5 heteroatoms. The number of hydrogen-bond donors (Lipinski definition) is 2. The smallest absolute Gasteiger partial charge is 0.335 e. The summed E-state index contributed by atoms with van der Waals surface area (Å²) in [6.45, 7) is 1.01. The topological polar surface area (TPSA) is 75.3 Å². The first-order valence-corrected chi connectivity index (χ1v) is 6.01. The average molecular weight is 248 g/mol. The first-order chi connectivity index (χ1) is 8.72. The standard InChI is InChI=1S/C13H16N2O3/c16-7-3-1-2-6-15-9-14-11-5-4-10(13(17)18)8-12(11)15/h4-5,8-9,16H,1-3,6-7H2,(H,17,18). The van der Waals surface area contributed by atoms with Gasteiger partial charge in [0.1, 0.15) is 0 Å². The van der Waals surface area contributed by atoms with Crippen LogP contribution in [0.5, 0.6) is 0 Å². The molecule has 5 nitrogen and oxygen atoms in total. The molecule has 0 atom stereocenters. The minimum atomic E-state index is -0.926. The van der Waals surface area contributed by atoms with Gasteiger partial charge in [0.2, 0.25) is 0 Å². The van der Waals surface area contributed by atoms with Crippen LogP contribution < -0.4 is 0 Å². The highest BCUT2D eigenvalue weighted by Crippen LogP contribution is 2.16. The number of aryl methyl sites for hydroxylation is 1. The molecule has 2 rings (SSSR count). The quantitative estimate of drug-likeness (QED) is 0.765. The second-order valence-corrected chi connectivity index (χ2v) is 4.23. The van der Waals surface area contributed by atoms with Gasteiger partial charge in [-0.05, 0) is 37.5 Å². The molecule has 0 bridgehead atoms. The van der Waals surface area contributed by atoms with Gasteiger partial charge in [0.25, 0.3) is 0 Å². The summed E-state index contributed by atoms with van der Waals surface area (Å²) in [6, 6.07) is 4.94. The van der Waals surface area contributed by atoms with Gasteiger partial charge >= 0.3 is 5.97 Å². The number of benzene rings is 1. The van der Waals surface area contributed by atoms with Crippen LogP contribution in [0, 0.1) is 0 Å². The van der Waals surface area contributed by atoms with Crippen molar-refractivity contribution < 1.29 is 15.0 Å². The van der Waals surface area contributed by atoms with Crippen LogP contribution in [0.2, 0.25) is 0 Å². The monoisotopic (exact) mass is 248 g/mol. The number of imidazole rings is 1. The van der Waals surface area contributed by atoms with Crippen LogP contribution in [0.4, 0.5) is 0 Å². The minimum Gasteiger partial charge on any atom is -0.478 e. The molecule has 96 valence electrons. The highest BCUT2D eigenvalue weighted by Gasteiger charge is 2.07. The summed E-state index contributed by atoms with van der Waals surface area (Å²) in [6.07, 6.45) is 4.43. The maximum absolute atomic E-state index is 10.9. The Kier molecular flexibility index (Phi) is 3.94. The SMILES string of the molecule is O=C(O)c1ccc2ncn(CCCCCO)c2c1. The zero-order valence-electron chi connectivity index (χ0n) is 10.0. The van der Waals surface area contributed by atoms with E-state index < -0.39 is 5.97 Å². The molecular weight excluding hydrogens is 232 g/mol. The summed E-state index contributed by atoms with van der Waals surface area (Å²) in [4.78, 5) is 15.2. The molecule has 18 heavy (non-hydrogen) atoms. The summed E-state index contributed by atoms with van der Waals surface area (Å²) < 4.78 is 1.96. The van der Waals surface area contributed by atoms with Gasteiger partial charge in [-0.3, -0.25) is 0 Å². The van der Waals surface area contributed by atoms with Crippen molar-refractivity contribution in [3.8, 4) is 0 Å². The van der Waals surface area contributed by atoms with E-state index in [-0.39, 0.29) is 12.2 Å². The van der Waals surface area contributed by atoms with Crippen molar-refractivity contribution >= 4 is 17.0 Å². The zero-order valence-corrected chi connectivity index (χ0v) is 10.0. The number of carbonyl (C=O) groups is 1. The van der Waals surface area contributed by atoms with E-state index in [1.807, 2.05) is 4.57 Å². The lowest BCUT2D eigenvalue weighted by atomic mass is 10.2. The molecule has 0 spiro atoms. The molecule has 0 saturated heterocycles. The van der Waals surface area contributed by atoms with E-state index >= 15 is 0 Å². The maximum Gasteiger partial charge on any atom is 0.335 e. The highest BCUT2D eigenvalue weighted by molar-refractivity contribution is 5.92. The lowest BCUT2D eigenvalue weighted by Crippen LogP contribution is -1.99. The number of nitrogens with zero attached hydrogens (tertiary/aromatic N) is 2. The van der Waals surface area contributed by atoms with Crippen LogP contribution in [0.3, 0.4) is 0 Å². The van der Waals surface area contributed by atoms with Crippen molar-refractivity contribution in [2.75, 3.05) is 6.61 Å². The number of carboxylic acid groups (broad SMARTS) is 1. The summed E-state index contributed by atoms with van der Waals surface area (Å²) in [5, 5.41) is 17.7. The number of rotatable bonds is 6. The number of fused-ring (bicyclic) bond motifs is 1. The van der Waals surface area contributed by atoms with Crippen LogP contribution >= 0.6 is 0 Å². The second-order valence-electron chi connectivity index (χ2n) is 4.23. The second kappa shape index (κ2) is 5.64. The Bertz CT molecular complexity index is 548. The highest BCUT2D eigenvalue weighted by atomic mass is 16.4. The largest absolute Gasteiger partial charge is 0.478 e. The number of carboxylic acids is 1. The summed E-state index contributed by atoms with van der Waals surface area (Å²) in [5.41, 5.74) is 1.93. The number of hydrogen-bond acceptors (Lipinski definition) is 3. The summed E-state index contributed by atoms with van der Waals surface area (Å²) in [5.74, 6) is -0.926. The number of aromatic carboxylic acids is 1. The summed E-state index contributed by atoms with van der Waals surface area (Å²) >= 11 is 0. The first-order valence-electron chi connectivity index (χ1n) is 6.01. The van der Waals surface area contributed by atoms with Crippen LogP contribution in [-0.4, -0.2) is 32.3 Å². The number of unbranched alkanes of at least 4 members (excludes halogenated alkanes) is 2. The zero-order chi connectivity index (χ0) is 13.0. The van der Waals surface area contributed by atoms with Gasteiger partial charge in [0, 0.05) is 13.2 Å². The van der Waals surface area contributed by atoms with Gasteiger partial charge in [-0.15, -0.1) is 0 Å². The molecule has 0 unspecified atom stereocenters. The minimum absolute atomic E-state index is 0.216. The Morgan fingerprint density at radius 1 is 1.28 bits per heavy atom. The third kappa shape index (κ3) is 2.68. The fourth-order valence-corrected chi connectivity index (χ4v) is 1.94. The van der Waals surface area contributed by atoms with Crippen molar-refractivity contribution in [2.45, 2.75) is 25.8 Å². The maximum atomic E-state index is 10.9. The van der Waals surface area contributed by atoms with Crippen LogP contribution in [0.15, 0.2) is 24.5 Å². The predicted octanol–water partition coefficient (Wildman–Crippen LogP) is 1.90. The van der Waals surface area contributed by atoms with E-state index in [1.54, 1.807) is 24.5 Å². The molecule has 0 radical (unpaired) electrons. The molecule has 0 aliphatic carbocycles. The van der Waals surface area contributed by atoms with Crippen molar-refractivity contribution in [2.24, 2.45) is 0 Å². The lowest BCUT2D eigenvalue weighted by molar-refractivity contribution is 0.0697. The molecule has 0 aliphatic rings. The molecular formula is C13H16N2O3. The molecule has 0 saturated carbocycles. The predicted molar refractivity (Wildman–Crippen MR) is 67.6 cm³/mol. The molecule has 1 heterocycles. The van der Waals surface area contributed by atoms with Gasteiger partial charge in [-0.25, -0.2) is 9.78 Å². The van der Waals surface area contributed by atoms with Crippen LogP contribution in [-0.2, 0) is 6.54 Å². The van der Waals surface area contributed by atoms with E-state index in [4.69, 9.17) is 10.2 Å². The van der Waals surface area contributed by atoms with Gasteiger partial charge < -0.3 is 14.8 Å². The van der Waals surface area contributed by atoms with E-state index in [9.17, 15) is 4.79 Å². The Morgan fingerprint density at radius 3 is 2.83 bits per heavy atom. The molecule has 2 N–H and O–H groups in total. The average Bonchev–Trinajstić information content (AvgIpc) is 2.77. The number of aromatic nitrogens is 2. The van der Waals surface area contributed by atoms with Gasteiger partial charge in [-0.2, -0.15) is 0 Å². The number of aliphatic hydroxyl groups is 1. The summed E-state index contributed by atoms with van der Waals surface area (Å²) in [7, 11) is 0. The Hall–Kier alpha value is -1.88. The molecule has 0 amide bonds. The molecule has 1 aromatic heterocycles. The van der Waals surface area contributed by atoms with Gasteiger partial charge in [0.15, 0.2) is 0 Å². The van der Waals surface area contributed by atoms with Gasteiger partial charge in [0.05, 0.1) is 22.9 Å². The fourth-order valence-electron chi connectivity index (χ4n) is 1.94. The van der Waals surface area contributed by atoms with Crippen LogP contribution in [0.1, 0.15) is 29.6 Å². The first kappa shape index (κ1) is 12.6. The molecule has 0 fully saturated rings. The lowest BCUT2D eigenvalue weighted by Gasteiger charge is -2.04. The molecule has 2 aromatic rings. The third-order valence-electron chi connectivity index (χ3n) is 2.93. The fraction of sp³-hybridized carbons (Fsp3) is 0.385. The molecule has 1 aromatic carbocycles. The Morgan fingerprint density at radius 2 is 2.11 bits per heavy atom. The van der Waals surface area contributed by atoms with Crippen molar-refractivity contribution in [1.29, 1.82) is 0 Å². The number of aliphatic hydroxyl groups excluding tert-OH is 1. The van der Waals surface area contributed by atoms with Crippen molar-refractivity contribution in [3.05, 3.63) is 30.1 Å².